The molecular weight excluding hydrogens is 342 g/mol. The topological polar surface area (TPSA) is 106 Å². The number of methoxy groups -OCH3 is 1. The van der Waals surface area contributed by atoms with E-state index in [1.165, 1.54) is 25.3 Å². The van der Waals surface area contributed by atoms with E-state index in [4.69, 9.17) is 9.15 Å². The molecule has 26 heavy (non-hydrogen) atoms. The van der Waals surface area contributed by atoms with Crippen LogP contribution in [0.4, 0.5) is 5.69 Å². The van der Waals surface area contributed by atoms with Crippen molar-refractivity contribution in [3.8, 4) is 5.75 Å². The van der Waals surface area contributed by atoms with Gasteiger partial charge in [-0.15, -0.1) is 0 Å². The summed E-state index contributed by atoms with van der Waals surface area (Å²) in [6.07, 6.45) is 0. The molecule has 1 saturated heterocycles. The largest absolute Gasteiger partial charge is 0.493 e. The molecule has 1 aliphatic rings. The number of amides is 1. The van der Waals surface area contributed by atoms with Crippen molar-refractivity contribution in [3.63, 3.8) is 0 Å². The summed E-state index contributed by atoms with van der Waals surface area (Å²) in [4.78, 5) is 39.3. The molecule has 0 aliphatic carbocycles. The Labute approximate surface area is 148 Å². The third kappa shape index (κ3) is 3.25. The number of likely N-dealkylation sites (N-methyl/N-ethyl adjacent to an activating group) is 1. The van der Waals surface area contributed by atoms with Crippen molar-refractivity contribution in [2.24, 2.45) is 0 Å². The number of carbonyl (C=O) groups excluding carboxylic acids is 1. The predicted octanol–water partition coefficient (Wildman–Crippen LogP) is 1.49. The van der Waals surface area contributed by atoms with Crippen LogP contribution in [0, 0.1) is 10.1 Å². The van der Waals surface area contributed by atoms with Crippen molar-refractivity contribution in [1.82, 2.24) is 9.80 Å². The minimum Gasteiger partial charge on any atom is -0.493 e. The van der Waals surface area contributed by atoms with Crippen LogP contribution in [-0.2, 0) is 0 Å². The van der Waals surface area contributed by atoms with Crippen molar-refractivity contribution in [3.05, 3.63) is 44.3 Å². The van der Waals surface area contributed by atoms with Gasteiger partial charge in [0.25, 0.3) is 11.6 Å². The number of fused-ring (bicyclic) bond motifs is 1. The van der Waals surface area contributed by atoms with Crippen LogP contribution in [-0.4, -0.2) is 60.5 Å². The molecule has 0 unspecified atom stereocenters. The molecule has 9 heteroatoms. The minimum absolute atomic E-state index is 0.0712. The Morgan fingerprint density at radius 2 is 1.96 bits per heavy atom. The number of non-ortho nitro benzene ring substituents is 1. The molecule has 138 valence electrons. The Bertz CT molecular complexity index is 915. The molecule has 0 radical (unpaired) electrons. The molecular formula is C17H19N3O6. The monoisotopic (exact) mass is 361 g/mol. The summed E-state index contributed by atoms with van der Waals surface area (Å²) >= 11 is 0. The standard InChI is InChI=1S/C17H19N3O6/c1-3-18-4-6-19(7-5-18)16(21)13-9-11-8-12(20(23)24)10-14(25-2)15(11)26-17(13)22/h8-10H,3-7H2,1-2H3. The fourth-order valence-corrected chi connectivity index (χ4v) is 3.03. The summed E-state index contributed by atoms with van der Waals surface area (Å²) in [5.41, 5.74) is -1.05. The Morgan fingerprint density at radius 1 is 1.27 bits per heavy atom. The van der Waals surface area contributed by atoms with E-state index in [-0.39, 0.29) is 28.0 Å². The van der Waals surface area contributed by atoms with E-state index in [2.05, 4.69) is 11.8 Å². The van der Waals surface area contributed by atoms with Crippen LogP contribution in [0.15, 0.2) is 27.4 Å². The lowest BCUT2D eigenvalue weighted by atomic mass is 10.1. The Balaban J connectivity index is 2.01. The van der Waals surface area contributed by atoms with E-state index in [9.17, 15) is 19.7 Å². The number of nitro groups is 1. The lowest BCUT2D eigenvalue weighted by Crippen LogP contribution is -2.49. The van der Waals surface area contributed by atoms with Gasteiger partial charge >= 0.3 is 5.63 Å². The second-order valence-electron chi connectivity index (χ2n) is 6.00. The molecule has 1 amide bonds. The molecule has 1 aromatic carbocycles. The number of hydrogen-bond donors (Lipinski definition) is 0. The molecule has 0 bridgehead atoms. The van der Waals surface area contributed by atoms with E-state index in [0.717, 1.165) is 19.6 Å². The van der Waals surface area contributed by atoms with Crippen LogP contribution in [0.25, 0.3) is 11.0 Å². The van der Waals surface area contributed by atoms with E-state index >= 15 is 0 Å². The number of nitrogens with zero attached hydrogens (tertiary/aromatic N) is 3. The zero-order valence-electron chi connectivity index (χ0n) is 14.6. The number of hydrogen-bond acceptors (Lipinski definition) is 7. The number of piperazine rings is 1. The van der Waals surface area contributed by atoms with Gasteiger partial charge in [0.05, 0.1) is 18.1 Å². The molecule has 3 rings (SSSR count). The fourth-order valence-electron chi connectivity index (χ4n) is 3.03. The lowest BCUT2D eigenvalue weighted by Gasteiger charge is -2.33. The molecule has 0 N–H and O–H groups in total. The zero-order chi connectivity index (χ0) is 18.8. The van der Waals surface area contributed by atoms with Gasteiger partial charge in [-0.2, -0.15) is 0 Å². The fraction of sp³-hybridized carbons (Fsp3) is 0.412. The van der Waals surface area contributed by atoms with Crippen molar-refractivity contribution < 1.29 is 18.9 Å². The number of benzene rings is 1. The molecule has 2 heterocycles. The lowest BCUT2D eigenvalue weighted by molar-refractivity contribution is -0.384. The highest BCUT2D eigenvalue weighted by molar-refractivity contribution is 5.98. The van der Waals surface area contributed by atoms with Crippen molar-refractivity contribution in [1.29, 1.82) is 0 Å². The normalized spacial score (nSPS) is 15.2. The smallest absolute Gasteiger partial charge is 0.349 e. The molecule has 2 aromatic rings. The summed E-state index contributed by atoms with van der Waals surface area (Å²) in [7, 11) is 1.32. The quantitative estimate of drug-likeness (QED) is 0.461. The van der Waals surface area contributed by atoms with Gasteiger partial charge in [-0.05, 0) is 12.6 Å². The third-order valence-electron chi connectivity index (χ3n) is 4.55. The van der Waals surface area contributed by atoms with Crippen LogP contribution < -0.4 is 10.4 Å². The summed E-state index contributed by atoms with van der Waals surface area (Å²) in [6, 6.07) is 3.77. The summed E-state index contributed by atoms with van der Waals surface area (Å²) < 4.78 is 10.3. The average Bonchev–Trinajstić information content (AvgIpc) is 2.66. The maximum Gasteiger partial charge on any atom is 0.349 e. The SMILES string of the molecule is CCN1CCN(C(=O)c2cc3cc([N+](=O)[O-])cc(OC)c3oc2=O)CC1. The second kappa shape index (κ2) is 7.12. The van der Waals surface area contributed by atoms with Crippen molar-refractivity contribution in [2.45, 2.75) is 6.92 Å². The molecule has 1 aromatic heterocycles. The first-order valence-electron chi connectivity index (χ1n) is 8.26. The first-order valence-corrected chi connectivity index (χ1v) is 8.26. The second-order valence-corrected chi connectivity index (χ2v) is 6.00. The van der Waals surface area contributed by atoms with Gasteiger partial charge in [-0.25, -0.2) is 4.79 Å². The average molecular weight is 361 g/mol. The summed E-state index contributed by atoms with van der Waals surface area (Å²) in [6.45, 7) is 5.46. The van der Waals surface area contributed by atoms with Gasteiger partial charge in [0.1, 0.15) is 5.56 Å². The van der Waals surface area contributed by atoms with Crippen LogP contribution in [0.1, 0.15) is 17.3 Å². The number of carbonyl (C=O) groups is 1. The summed E-state index contributed by atoms with van der Waals surface area (Å²) in [5, 5.41) is 11.4. The van der Waals surface area contributed by atoms with Gasteiger partial charge in [0.2, 0.25) is 0 Å². The van der Waals surface area contributed by atoms with Crippen LogP contribution >= 0.6 is 0 Å². The maximum absolute atomic E-state index is 12.7. The number of nitro benzene ring substituents is 1. The highest BCUT2D eigenvalue weighted by atomic mass is 16.6. The Morgan fingerprint density at radius 3 is 2.54 bits per heavy atom. The first kappa shape index (κ1) is 17.9. The minimum atomic E-state index is -0.785. The molecule has 9 nitrogen and oxygen atoms in total. The van der Waals surface area contributed by atoms with Crippen molar-refractivity contribution in [2.75, 3.05) is 39.8 Å². The molecule has 0 spiro atoms. The molecule has 1 aliphatic heterocycles. The van der Waals surface area contributed by atoms with E-state index in [1.54, 1.807) is 4.90 Å². The zero-order valence-corrected chi connectivity index (χ0v) is 14.6. The summed E-state index contributed by atoms with van der Waals surface area (Å²) in [5.74, 6) is -0.358. The Hall–Kier alpha value is -2.94. The highest BCUT2D eigenvalue weighted by Crippen LogP contribution is 2.30. The van der Waals surface area contributed by atoms with Crippen LogP contribution in [0.2, 0.25) is 0 Å². The van der Waals surface area contributed by atoms with Gasteiger partial charge in [0, 0.05) is 37.6 Å². The molecule has 0 saturated carbocycles. The first-order chi connectivity index (χ1) is 12.4. The van der Waals surface area contributed by atoms with Gasteiger partial charge in [-0.1, -0.05) is 6.92 Å². The van der Waals surface area contributed by atoms with Gasteiger partial charge < -0.3 is 19.0 Å². The Kier molecular flexibility index (Phi) is 4.90. The van der Waals surface area contributed by atoms with Crippen molar-refractivity contribution >= 4 is 22.6 Å². The molecule has 0 atom stereocenters. The van der Waals surface area contributed by atoms with Gasteiger partial charge in [0.15, 0.2) is 11.3 Å². The van der Waals surface area contributed by atoms with Gasteiger partial charge in [-0.3, -0.25) is 14.9 Å². The maximum atomic E-state index is 12.7. The molecule has 1 fully saturated rings. The van der Waals surface area contributed by atoms with Crippen LogP contribution in [0.3, 0.4) is 0 Å². The van der Waals surface area contributed by atoms with E-state index < -0.39 is 16.5 Å². The predicted molar refractivity (Wildman–Crippen MR) is 93.7 cm³/mol. The van der Waals surface area contributed by atoms with Crippen LogP contribution in [0.5, 0.6) is 5.75 Å². The number of ether oxygens (including phenoxy) is 1. The van der Waals surface area contributed by atoms with E-state index in [1.807, 2.05) is 0 Å². The number of rotatable bonds is 4. The van der Waals surface area contributed by atoms with E-state index in [0.29, 0.717) is 13.1 Å². The highest BCUT2D eigenvalue weighted by Gasteiger charge is 2.25. The third-order valence-corrected chi connectivity index (χ3v) is 4.55.